The first kappa shape index (κ1) is 12.8. The summed E-state index contributed by atoms with van der Waals surface area (Å²) in [5, 5.41) is 2.68. The van der Waals surface area contributed by atoms with Crippen molar-refractivity contribution >= 4 is 0 Å². The van der Waals surface area contributed by atoms with Crippen LogP contribution in [0.4, 0.5) is 13.2 Å². The minimum atomic E-state index is -4.11. The second kappa shape index (κ2) is 5.19. The highest BCUT2D eigenvalue weighted by Gasteiger charge is 2.53. The Morgan fingerprint density at radius 3 is 1.87 bits per heavy atom. The van der Waals surface area contributed by atoms with Gasteiger partial charge in [0.1, 0.15) is 5.54 Å². The van der Waals surface area contributed by atoms with E-state index >= 15 is 0 Å². The maximum atomic E-state index is 13.0. The van der Waals surface area contributed by atoms with Gasteiger partial charge in [-0.1, -0.05) is 39.0 Å². The predicted molar refractivity (Wildman–Crippen MR) is 54.8 cm³/mol. The molecular formula is C11H20F3N. The van der Waals surface area contributed by atoms with Gasteiger partial charge < -0.3 is 5.32 Å². The molecule has 0 aliphatic heterocycles. The molecular weight excluding hydrogens is 203 g/mol. The largest absolute Gasteiger partial charge is 0.406 e. The van der Waals surface area contributed by atoms with Crippen molar-refractivity contribution in [3.8, 4) is 0 Å². The zero-order valence-electron chi connectivity index (χ0n) is 9.29. The Morgan fingerprint density at radius 1 is 1.00 bits per heavy atom. The normalized spacial score (nSPS) is 23.2. The molecule has 1 fully saturated rings. The lowest BCUT2D eigenvalue weighted by molar-refractivity contribution is -0.202. The fraction of sp³-hybridized carbons (Fsp3) is 1.00. The number of hydrogen-bond acceptors (Lipinski definition) is 1. The predicted octanol–water partition coefficient (Wildman–Crippen LogP) is 3.64. The zero-order valence-corrected chi connectivity index (χ0v) is 9.29. The average Bonchev–Trinajstić information content (AvgIpc) is 2.07. The first-order valence-corrected chi connectivity index (χ1v) is 5.83. The van der Waals surface area contributed by atoms with Crippen LogP contribution in [0.25, 0.3) is 0 Å². The van der Waals surface area contributed by atoms with E-state index in [4.69, 9.17) is 0 Å². The van der Waals surface area contributed by atoms with Crippen LogP contribution in [-0.4, -0.2) is 18.3 Å². The van der Waals surface area contributed by atoms with E-state index in [0.29, 0.717) is 19.4 Å². The van der Waals surface area contributed by atoms with Gasteiger partial charge in [0.05, 0.1) is 0 Å². The SMILES string of the molecule is CCNC1(C(F)(F)F)CCCCCCC1. The third-order valence-electron chi connectivity index (χ3n) is 3.26. The van der Waals surface area contributed by atoms with E-state index < -0.39 is 11.7 Å². The Hall–Kier alpha value is -0.250. The lowest BCUT2D eigenvalue weighted by Gasteiger charge is -2.38. The Morgan fingerprint density at radius 2 is 1.47 bits per heavy atom. The first-order chi connectivity index (χ1) is 7.02. The van der Waals surface area contributed by atoms with E-state index in [9.17, 15) is 13.2 Å². The van der Waals surface area contributed by atoms with Gasteiger partial charge in [0.25, 0.3) is 0 Å². The molecule has 0 atom stereocenters. The lowest BCUT2D eigenvalue weighted by Crippen LogP contribution is -2.56. The summed E-state index contributed by atoms with van der Waals surface area (Å²) < 4.78 is 39.1. The number of hydrogen-bond donors (Lipinski definition) is 1. The van der Waals surface area contributed by atoms with E-state index in [0.717, 1.165) is 19.3 Å². The molecule has 15 heavy (non-hydrogen) atoms. The Kier molecular flexibility index (Phi) is 4.44. The Balaban J connectivity index is 2.75. The molecule has 1 aliphatic rings. The molecule has 0 aromatic carbocycles. The van der Waals surface area contributed by atoms with Crippen molar-refractivity contribution in [2.24, 2.45) is 0 Å². The fourth-order valence-electron chi connectivity index (χ4n) is 2.41. The van der Waals surface area contributed by atoms with Gasteiger partial charge in [0.2, 0.25) is 0 Å². The van der Waals surface area contributed by atoms with Gasteiger partial charge in [-0.2, -0.15) is 13.2 Å². The van der Waals surface area contributed by atoms with Crippen LogP contribution in [0.15, 0.2) is 0 Å². The third kappa shape index (κ3) is 3.10. The third-order valence-corrected chi connectivity index (χ3v) is 3.26. The molecule has 4 heteroatoms. The van der Waals surface area contributed by atoms with Crippen molar-refractivity contribution in [3.05, 3.63) is 0 Å². The second-order valence-electron chi connectivity index (χ2n) is 4.38. The lowest BCUT2D eigenvalue weighted by atomic mass is 9.83. The van der Waals surface area contributed by atoms with E-state index in [1.54, 1.807) is 6.92 Å². The number of alkyl halides is 3. The van der Waals surface area contributed by atoms with Crippen molar-refractivity contribution in [3.63, 3.8) is 0 Å². The van der Waals surface area contributed by atoms with Gasteiger partial charge in [-0.3, -0.25) is 0 Å². The van der Waals surface area contributed by atoms with Crippen molar-refractivity contribution < 1.29 is 13.2 Å². The summed E-state index contributed by atoms with van der Waals surface area (Å²) in [6.45, 7) is 2.13. The van der Waals surface area contributed by atoms with Crippen LogP contribution < -0.4 is 5.32 Å². The molecule has 90 valence electrons. The van der Waals surface area contributed by atoms with Crippen LogP contribution in [0.5, 0.6) is 0 Å². The molecule has 0 spiro atoms. The molecule has 0 saturated heterocycles. The van der Waals surface area contributed by atoms with Gasteiger partial charge >= 0.3 is 6.18 Å². The minimum absolute atomic E-state index is 0.240. The zero-order chi connectivity index (χ0) is 11.4. The highest BCUT2D eigenvalue weighted by atomic mass is 19.4. The summed E-state index contributed by atoms with van der Waals surface area (Å²) in [6, 6.07) is 0. The first-order valence-electron chi connectivity index (χ1n) is 5.83. The van der Waals surface area contributed by atoms with Gasteiger partial charge in [-0.15, -0.1) is 0 Å². The molecule has 1 N–H and O–H groups in total. The van der Waals surface area contributed by atoms with Crippen LogP contribution in [-0.2, 0) is 0 Å². The standard InChI is InChI=1S/C11H20F3N/c1-2-15-10(11(12,13)14)8-6-4-3-5-7-9-10/h15H,2-9H2,1H3. The van der Waals surface area contributed by atoms with Crippen LogP contribution >= 0.6 is 0 Å². The van der Waals surface area contributed by atoms with Gasteiger partial charge in [-0.25, -0.2) is 0 Å². The Labute approximate surface area is 89.4 Å². The van der Waals surface area contributed by atoms with E-state index in [-0.39, 0.29) is 12.8 Å². The maximum Gasteiger partial charge on any atom is 0.406 e. The number of halogens is 3. The quantitative estimate of drug-likeness (QED) is 0.753. The molecule has 1 rings (SSSR count). The monoisotopic (exact) mass is 223 g/mol. The van der Waals surface area contributed by atoms with Crippen LogP contribution in [0.1, 0.15) is 51.9 Å². The van der Waals surface area contributed by atoms with Gasteiger partial charge in [-0.05, 0) is 19.4 Å². The van der Waals surface area contributed by atoms with Crippen molar-refractivity contribution in [1.29, 1.82) is 0 Å². The highest BCUT2D eigenvalue weighted by molar-refractivity contribution is 4.95. The topological polar surface area (TPSA) is 12.0 Å². The summed E-state index contributed by atoms with van der Waals surface area (Å²) in [5.41, 5.74) is -1.61. The maximum absolute atomic E-state index is 13.0. The summed E-state index contributed by atoms with van der Waals surface area (Å²) in [6.07, 6.45) is 0.695. The highest BCUT2D eigenvalue weighted by Crippen LogP contribution is 2.39. The molecule has 1 saturated carbocycles. The molecule has 1 nitrogen and oxygen atoms in total. The van der Waals surface area contributed by atoms with Crippen molar-refractivity contribution in [2.75, 3.05) is 6.54 Å². The van der Waals surface area contributed by atoms with E-state index in [2.05, 4.69) is 5.32 Å². The van der Waals surface area contributed by atoms with Crippen LogP contribution in [0.3, 0.4) is 0 Å². The molecule has 0 aromatic heterocycles. The van der Waals surface area contributed by atoms with Gasteiger partial charge in [0.15, 0.2) is 0 Å². The Bertz CT molecular complexity index is 181. The van der Waals surface area contributed by atoms with E-state index in [1.165, 1.54) is 0 Å². The van der Waals surface area contributed by atoms with Crippen LogP contribution in [0.2, 0.25) is 0 Å². The molecule has 0 heterocycles. The fourth-order valence-corrected chi connectivity index (χ4v) is 2.41. The summed E-state index contributed by atoms with van der Waals surface area (Å²) in [5.74, 6) is 0. The summed E-state index contributed by atoms with van der Waals surface area (Å²) >= 11 is 0. The van der Waals surface area contributed by atoms with Crippen molar-refractivity contribution in [1.82, 2.24) is 5.32 Å². The number of rotatable bonds is 2. The average molecular weight is 223 g/mol. The van der Waals surface area contributed by atoms with Crippen LogP contribution in [0, 0.1) is 0 Å². The molecule has 0 radical (unpaired) electrons. The second-order valence-corrected chi connectivity index (χ2v) is 4.38. The molecule has 0 aromatic rings. The molecule has 0 unspecified atom stereocenters. The molecule has 1 aliphatic carbocycles. The number of nitrogens with one attached hydrogen (secondary N) is 1. The summed E-state index contributed by atoms with van der Waals surface area (Å²) in [7, 11) is 0. The molecule has 0 amide bonds. The smallest absolute Gasteiger partial charge is 0.304 e. The van der Waals surface area contributed by atoms with Gasteiger partial charge in [0, 0.05) is 0 Å². The minimum Gasteiger partial charge on any atom is -0.304 e. The van der Waals surface area contributed by atoms with E-state index in [1.807, 2.05) is 0 Å². The molecule has 0 bridgehead atoms. The van der Waals surface area contributed by atoms with Crippen molar-refractivity contribution in [2.45, 2.75) is 63.6 Å². The summed E-state index contributed by atoms with van der Waals surface area (Å²) in [4.78, 5) is 0.